The van der Waals surface area contributed by atoms with E-state index < -0.39 is 0 Å². The Bertz CT molecular complexity index is 505. The van der Waals surface area contributed by atoms with Gasteiger partial charge in [0.25, 0.3) is 0 Å². The molecule has 0 saturated carbocycles. The lowest BCUT2D eigenvalue weighted by Crippen LogP contribution is -2.18. The van der Waals surface area contributed by atoms with Crippen molar-refractivity contribution in [3.05, 3.63) is 35.3 Å². The topological polar surface area (TPSA) is 24.9 Å². The van der Waals surface area contributed by atoms with Crippen molar-refractivity contribution < 1.29 is 0 Å². The first-order chi connectivity index (χ1) is 9.24. The largest absolute Gasteiger partial charge is 0.309 e. The number of nitrogens with zero attached hydrogens (tertiary/aromatic N) is 1. The number of rotatable bonds is 6. The van der Waals surface area contributed by atoms with Crippen LogP contribution in [0.25, 0.3) is 10.6 Å². The van der Waals surface area contributed by atoms with Crippen LogP contribution < -0.4 is 5.32 Å². The maximum Gasteiger partial charge on any atom is 0.123 e. The van der Waals surface area contributed by atoms with E-state index in [-0.39, 0.29) is 0 Å². The van der Waals surface area contributed by atoms with Crippen molar-refractivity contribution in [1.82, 2.24) is 10.3 Å². The third-order valence-electron chi connectivity index (χ3n) is 2.99. The molecule has 0 spiro atoms. The summed E-state index contributed by atoms with van der Waals surface area (Å²) < 4.78 is 0. The molecule has 0 amide bonds. The first-order valence-electron chi connectivity index (χ1n) is 6.58. The van der Waals surface area contributed by atoms with Crippen molar-refractivity contribution in [2.75, 3.05) is 12.8 Å². The van der Waals surface area contributed by atoms with Crippen LogP contribution in [0.4, 0.5) is 0 Å². The first kappa shape index (κ1) is 14.6. The molecule has 0 aliphatic heterocycles. The second-order valence-electron chi connectivity index (χ2n) is 4.47. The SMILES string of the molecule is CCCNC(C)c1cnc(-c2ccc(SC)cc2)s1. The van der Waals surface area contributed by atoms with E-state index in [1.165, 1.54) is 15.3 Å². The summed E-state index contributed by atoms with van der Waals surface area (Å²) in [5.74, 6) is 0. The normalized spacial score (nSPS) is 12.6. The lowest BCUT2D eigenvalue weighted by molar-refractivity contribution is 0.577. The number of nitrogens with one attached hydrogen (secondary N) is 1. The summed E-state index contributed by atoms with van der Waals surface area (Å²) in [6.45, 7) is 5.44. The van der Waals surface area contributed by atoms with Crippen LogP contribution in [0.2, 0.25) is 0 Å². The smallest absolute Gasteiger partial charge is 0.123 e. The van der Waals surface area contributed by atoms with E-state index in [4.69, 9.17) is 0 Å². The Balaban J connectivity index is 2.11. The Morgan fingerprint density at radius 2 is 2.05 bits per heavy atom. The van der Waals surface area contributed by atoms with Crippen LogP contribution in [0.1, 0.15) is 31.2 Å². The molecular formula is C15H20N2S2. The summed E-state index contributed by atoms with van der Waals surface area (Å²) in [5, 5.41) is 4.60. The van der Waals surface area contributed by atoms with Crippen molar-refractivity contribution >= 4 is 23.1 Å². The number of thiazole rings is 1. The van der Waals surface area contributed by atoms with Gasteiger partial charge in [-0.3, -0.25) is 0 Å². The summed E-state index contributed by atoms with van der Waals surface area (Å²) in [7, 11) is 0. The molecule has 0 aliphatic carbocycles. The van der Waals surface area contributed by atoms with E-state index in [1.807, 2.05) is 6.20 Å². The Kier molecular flexibility index (Phi) is 5.43. The lowest BCUT2D eigenvalue weighted by atomic mass is 10.2. The molecule has 0 saturated heterocycles. The third kappa shape index (κ3) is 3.81. The predicted octanol–water partition coefficient (Wildman–Crippen LogP) is 4.59. The van der Waals surface area contributed by atoms with Gasteiger partial charge < -0.3 is 5.32 Å². The van der Waals surface area contributed by atoms with Gasteiger partial charge in [0, 0.05) is 27.6 Å². The highest BCUT2D eigenvalue weighted by Crippen LogP contribution is 2.29. The predicted molar refractivity (Wildman–Crippen MR) is 86.0 cm³/mol. The third-order valence-corrected chi connectivity index (χ3v) is 4.96. The molecule has 0 bridgehead atoms. The van der Waals surface area contributed by atoms with Crippen molar-refractivity contribution in [1.29, 1.82) is 0 Å². The number of aromatic nitrogens is 1. The summed E-state index contributed by atoms with van der Waals surface area (Å²) in [5.41, 5.74) is 1.21. The molecule has 1 heterocycles. The molecule has 4 heteroatoms. The number of thioether (sulfide) groups is 1. The number of benzene rings is 1. The fraction of sp³-hybridized carbons (Fsp3) is 0.400. The van der Waals surface area contributed by atoms with Crippen molar-refractivity contribution in [3.8, 4) is 10.6 Å². The highest BCUT2D eigenvalue weighted by Gasteiger charge is 2.10. The van der Waals surface area contributed by atoms with E-state index >= 15 is 0 Å². The van der Waals surface area contributed by atoms with Gasteiger partial charge in [-0.1, -0.05) is 19.1 Å². The Morgan fingerprint density at radius 3 is 2.68 bits per heavy atom. The van der Waals surface area contributed by atoms with Gasteiger partial charge in [0.1, 0.15) is 5.01 Å². The molecule has 2 aromatic rings. The van der Waals surface area contributed by atoms with Crippen LogP contribution >= 0.6 is 23.1 Å². The van der Waals surface area contributed by atoms with Crippen LogP contribution in [0.15, 0.2) is 35.4 Å². The number of hydrogen-bond donors (Lipinski definition) is 1. The lowest BCUT2D eigenvalue weighted by Gasteiger charge is -2.09. The minimum absolute atomic E-state index is 0.386. The number of hydrogen-bond acceptors (Lipinski definition) is 4. The Morgan fingerprint density at radius 1 is 1.32 bits per heavy atom. The molecule has 1 aromatic carbocycles. The monoisotopic (exact) mass is 292 g/mol. The standard InChI is InChI=1S/C15H20N2S2/c1-4-9-16-11(2)14-10-17-15(19-14)12-5-7-13(18-3)8-6-12/h5-8,10-11,16H,4,9H2,1-3H3. The Labute approximate surface area is 123 Å². The molecule has 102 valence electrons. The first-order valence-corrected chi connectivity index (χ1v) is 8.62. The molecule has 1 aromatic heterocycles. The maximum absolute atomic E-state index is 4.54. The molecule has 0 aliphatic rings. The highest BCUT2D eigenvalue weighted by atomic mass is 32.2. The summed E-state index contributed by atoms with van der Waals surface area (Å²) in [4.78, 5) is 7.14. The summed E-state index contributed by atoms with van der Waals surface area (Å²) in [6, 6.07) is 8.99. The fourth-order valence-corrected chi connectivity index (χ4v) is 3.17. The van der Waals surface area contributed by atoms with Crippen LogP contribution in [0.3, 0.4) is 0 Å². The average molecular weight is 292 g/mol. The van der Waals surface area contributed by atoms with Crippen molar-refractivity contribution in [2.45, 2.75) is 31.2 Å². The minimum Gasteiger partial charge on any atom is -0.309 e. The zero-order chi connectivity index (χ0) is 13.7. The molecule has 1 atom stereocenters. The van der Waals surface area contributed by atoms with E-state index in [0.717, 1.165) is 18.0 Å². The molecule has 0 fully saturated rings. The van der Waals surface area contributed by atoms with Crippen LogP contribution in [-0.2, 0) is 0 Å². The van der Waals surface area contributed by atoms with Crippen LogP contribution in [0.5, 0.6) is 0 Å². The van der Waals surface area contributed by atoms with Gasteiger partial charge in [-0.15, -0.1) is 23.1 Å². The van der Waals surface area contributed by atoms with E-state index in [2.05, 4.69) is 54.7 Å². The highest BCUT2D eigenvalue weighted by molar-refractivity contribution is 7.98. The summed E-state index contributed by atoms with van der Waals surface area (Å²) >= 11 is 3.54. The van der Waals surface area contributed by atoms with E-state index in [1.54, 1.807) is 23.1 Å². The maximum atomic E-state index is 4.54. The van der Waals surface area contributed by atoms with Gasteiger partial charge in [0.05, 0.1) is 0 Å². The van der Waals surface area contributed by atoms with Crippen molar-refractivity contribution in [2.24, 2.45) is 0 Å². The molecule has 1 unspecified atom stereocenters. The van der Waals surface area contributed by atoms with Crippen LogP contribution in [-0.4, -0.2) is 17.8 Å². The molecular weight excluding hydrogens is 272 g/mol. The molecule has 2 nitrogen and oxygen atoms in total. The zero-order valence-electron chi connectivity index (χ0n) is 11.6. The van der Waals surface area contributed by atoms with Gasteiger partial charge in [-0.2, -0.15) is 0 Å². The Hall–Kier alpha value is -0.840. The molecule has 2 rings (SSSR count). The van der Waals surface area contributed by atoms with Crippen LogP contribution in [0, 0.1) is 0 Å². The molecule has 0 radical (unpaired) electrons. The second-order valence-corrected chi connectivity index (χ2v) is 6.41. The van der Waals surface area contributed by atoms with Gasteiger partial charge >= 0.3 is 0 Å². The molecule has 19 heavy (non-hydrogen) atoms. The molecule has 1 N–H and O–H groups in total. The zero-order valence-corrected chi connectivity index (χ0v) is 13.3. The quantitative estimate of drug-likeness (QED) is 0.788. The average Bonchev–Trinajstić information content (AvgIpc) is 2.94. The second kappa shape index (κ2) is 7.08. The van der Waals surface area contributed by atoms with Crippen molar-refractivity contribution in [3.63, 3.8) is 0 Å². The van der Waals surface area contributed by atoms with E-state index in [0.29, 0.717) is 6.04 Å². The van der Waals surface area contributed by atoms with Gasteiger partial charge in [0.2, 0.25) is 0 Å². The summed E-state index contributed by atoms with van der Waals surface area (Å²) in [6.07, 6.45) is 5.25. The minimum atomic E-state index is 0.386. The van der Waals surface area contributed by atoms with E-state index in [9.17, 15) is 0 Å². The van der Waals surface area contributed by atoms with Gasteiger partial charge in [0.15, 0.2) is 0 Å². The fourth-order valence-electron chi connectivity index (χ4n) is 1.82. The van der Waals surface area contributed by atoms with Gasteiger partial charge in [-0.25, -0.2) is 4.98 Å². The van der Waals surface area contributed by atoms with Gasteiger partial charge in [-0.05, 0) is 38.3 Å².